The molecule has 1 atom stereocenters. The second kappa shape index (κ2) is 7.44. The molecule has 3 nitrogen and oxygen atoms in total. The largest absolute Gasteiger partial charge is 0.343 e. The molecule has 1 aliphatic rings. The van der Waals surface area contributed by atoms with Crippen molar-refractivity contribution in [1.29, 1.82) is 0 Å². The molecule has 1 aromatic carbocycles. The fraction of sp³-hybridized carbons (Fsp3) is 0.588. The van der Waals surface area contributed by atoms with Gasteiger partial charge in [-0.1, -0.05) is 36.8 Å². The van der Waals surface area contributed by atoms with Gasteiger partial charge in [0.1, 0.15) is 0 Å². The van der Waals surface area contributed by atoms with Crippen molar-refractivity contribution in [3.8, 4) is 0 Å². The predicted molar refractivity (Wildman–Crippen MR) is 82.2 cm³/mol. The summed E-state index contributed by atoms with van der Waals surface area (Å²) in [5.41, 5.74) is 7.27. The van der Waals surface area contributed by atoms with E-state index in [1.54, 1.807) is 0 Å². The molecule has 0 aromatic heterocycles. The van der Waals surface area contributed by atoms with Crippen LogP contribution in [0.3, 0.4) is 0 Å². The number of amides is 1. The first-order valence-electron chi connectivity index (χ1n) is 7.79. The average molecular weight is 274 g/mol. The van der Waals surface area contributed by atoms with E-state index in [1.165, 1.54) is 19.3 Å². The van der Waals surface area contributed by atoms with Crippen LogP contribution in [0.2, 0.25) is 0 Å². The summed E-state index contributed by atoms with van der Waals surface area (Å²) < 4.78 is 0. The Labute approximate surface area is 122 Å². The molecule has 110 valence electrons. The first kappa shape index (κ1) is 15.0. The standard InChI is InChI=1S/C17H26N2O/c1-2-19(13-14-7-6-8-14)17(20)12-11-16(18)15-9-4-3-5-10-15/h3-5,9-10,14,16H,2,6-8,11-13,18H2,1H3. The van der Waals surface area contributed by atoms with Gasteiger partial charge in [-0.2, -0.15) is 0 Å². The Bertz CT molecular complexity index is 414. The molecule has 3 heteroatoms. The first-order chi connectivity index (χ1) is 9.70. The van der Waals surface area contributed by atoms with E-state index in [9.17, 15) is 4.79 Å². The van der Waals surface area contributed by atoms with Gasteiger partial charge in [0.05, 0.1) is 0 Å². The monoisotopic (exact) mass is 274 g/mol. The minimum Gasteiger partial charge on any atom is -0.343 e. The van der Waals surface area contributed by atoms with E-state index in [2.05, 4.69) is 6.92 Å². The number of nitrogens with zero attached hydrogens (tertiary/aromatic N) is 1. The van der Waals surface area contributed by atoms with Gasteiger partial charge in [-0.15, -0.1) is 0 Å². The molecule has 2 rings (SSSR count). The van der Waals surface area contributed by atoms with Crippen molar-refractivity contribution in [2.75, 3.05) is 13.1 Å². The Hall–Kier alpha value is -1.35. The molecule has 2 N–H and O–H groups in total. The van der Waals surface area contributed by atoms with E-state index in [-0.39, 0.29) is 11.9 Å². The van der Waals surface area contributed by atoms with Gasteiger partial charge in [0, 0.05) is 25.6 Å². The number of hydrogen-bond acceptors (Lipinski definition) is 2. The Morgan fingerprint density at radius 1 is 1.35 bits per heavy atom. The molecule has 1 saturated carbocycles. The second-order valence-electron chi connectivity index (χ2n) is 5.79. The third-order valence-corrected chi connectivity index (χ3v) is 4.33. The number of benzene rings is 1. The summed E-state index contributed by atoms with van der Waals surface area (Å²) in [6.07, 6.45) is 5.18. The minimum atomic E-state index is -0.0393. The zero-order chi connectivity index (χ0) is 14.4. The number of hydrogen-bond donors (Lipinski definition) is 1. The first-order valence-corrected chi connectivity index (χ1v) is 7.79. The lowest BCUT2D eigenvalue weighted by Gasteiger charge is -2.32. The highest BCUT2D eigenvalue weighted by Crippen LogP contribution is 2.27. The van der Waals surface area contributed by atoms with Crippen LogP contribution in [0.25, 0.3) is 0 Å². The Morgan fingerprint density at radius 3 is 2.60 bits per heavy atom. The maximum atomic E-state index is 12.3. The predicted octanol–water partition coefficient (Wildman–Crippen LogP) is 3.12. The van der Waals surface area contributed by atoms with Crippen molar-refractivity contribution in [3.63, 3.8) is 0 Å². The number of rotatable bonds is 7. The minimum absolute atomic E-state index is 0.0393. The third-order valence-electron chi connectivity index (χ3n) is 4.33. The van der Waals surface area contributed by atoms with E-state index in [0.29, 0.717) is 6.42 Å². The van der Waals surface area contributed by atoms with Gasteiger partial charge in [-0.3, -0.25) is 4.79 Å². The molecule has 1 amide bonds. The zero-order valence-electron chi connectivity index (χ0n) is 12.4. The van der Waals surface area contributed by atoms with Gasteiger partial charge >= 0.3 is 0 Å². The fourth-order valence-corrected chi connectivity index (χ4v) is 2.70. The molecule has 1 unspecified atom stereocenters. The lowest BCUT2D eigenvalue weighted by atomic mass is 9.85. The van der Waals surface area contributed by atoms with Crippen molar-refractivity contribution in [2.24, 2.45) is 11.7 Å². The average Bonchev–Trinajstić information content (AvgIpc) is 2.44. The Morgan fingerprint density at radius 2 is 2.05 bits per heavy atom. The third kappa shape index (κ3) is 4.07. The summed E-state index contributed by atoms with van der Waals surface area (Å²) in [5.74, 6) is 0.993. The van der Waals surface area contributed by atoms with Crippen LogP contribution in [0.5, 0.6) is 0 Å². The summed E-state index contributed by atoms with van der Waals surface area (Å²) in [6, 6.07) is 9.99. The van der Waals surface area contributed by atoms with Gasteiger partial charge in [0.25, 0.3) is 0 Å². The van der Waals surface area contributed by atoms with Crippen LogP contribution in [0, 0.1) is 5.92 Å². The van der Waals surface area contributed by atoms with Gasteiger partial charge in [-0.25, -0.2) is 0 Å². The maximum Gasteiger partial charge on any atom is 0.222 e. The molecule has 0 spiro atoms. The molecule has 0 bridgehead atoms. The lowest BCUT2D eigenvalue weighted by Crippen LogP contribution is -2.37. The van der Waals surface area contributed by atoms with Crippen LogP contribution < -0.4 is 5.73 Å². The highest BCUT2D eigenvalue weighted by molar-refractivity contribution is 5.76. The number of carbonyl (C=O) groups excluding carboxylic acids is 1. The van der Waals surface area contributed by atoms with Crippen LogP contribution in [-0.2, 0) is 4.79 Å². The van der Waals surface area contributed by atoms with E-state index in [4.69, 9.17) is 5.73 Å². The Kier molecular flexibility index (Phi) is 5.60. The molecule has 0 saturated heterocycles. The highest BCUT2D eigenvalue weighted by Gasteiger charge is 2.22. The normalized spacial score (nSPS) is 16.5. The summed E-state index contributed by atoms with van der Waals surface area (Å²) in [4.78, 5) is 14.3. The van der Waals surface area contributed by atoms with Crippen LogP contribution in [0.4, 0.5) is 0 Å². The molecule has 0 heterocycles. The number of nitrogens with two attached hydrogens (primary N) is 1. The van der Waals surface area contributed by atoms with E-state index in [1.807, 2.05) is 35.2 Å². The van der Waals surface area contributed by atoms with Gasteiger partial charge in [0.2, 0.25) is 5.91 Å². The molecular weight excluding hydrogens is 248 g/mol. The molecule has 1 aromatic rings. The van der Waals surface area contributed by atoms with Crippen molar-refractivity contribution in [1.82, 2.24) is 4.90 Å². The molecule has 20 heavy (non-hydrogen) atoms. The van der Waals surface area contributed by atoms with Gasteiger partial charge in [-0.05, 0) is 37.7 Å². The van der Waals surface area contributed by atoms with Crippen LogP contribution in [0.1, 0.15) is 50.6 Å². The summed E-state index contributed by atoms with van der Waals surface area (Å²) in [6.45, 7) is 3.82. The smallest absolute Gasteiger partial charge is 0.222 e. The summed E-state index contributed by atoms with van der Waals surface area (Å²) in [5, 5.41) is 0. The Balaban J connectivity index is 1.78. The molecule has 1 fully saturated rings. The zero-order valence-corrected chi connectivity index (χ0v) is 12.4. The number of carbonyl (C=O) groups is 1. The molecule has 1 aliphatic carbocycles. The van der Waals surface area contributed by atoms with Crippen molar-refractivity contribution in [2.45, 2.75) is 45.1 Å². The van der Waals surface area contributed by atoms with Crippen LogP contribution in [0.15, 0.2) is 30.3 Å². The van der Waals surface area contributed by atoms with E-state index >= 15 is 0 Å². The fourth-order valence-electron chi connectivity index (χ4n) is 2.70. The summed E-state index contributed by atoms with van der Waals surface area (Å²) in [7, 11) is 0. The second-order valence-corrected chi connectivity index (χ2v) is 5.79. The molecule has 0 radical (unpaired) electrons. The topological polar surface area (TPSA) is 46.3 Å². The quantitative estimate of drug-likeness (QED) is 0.830. The van der Waals surface area contributed by atoms with Gasteiger partial charge < -0.3 is 10.6 Å². The van der Waals surface area contributed by atoms with E-state index < -0.39 is 0 Å². The SMILES string of the molecule is CCN(CC1CCC1)C(=O)CCC(N)c1ccccc1. The maximum absolute atomic E-state index is 12.3. The van der Waals surface area contributed by atoms with Crippen LogP contribution in [-0.4, -0.2) is 23.9 Å². The lowest BCUT2D eigenvalue weighted by molar-refractivity contribution is -0.132. The highest BCUT2D eigenvalue weighted by atomic mass is 16.2. The molecular formula is C17H26N2O. The molecule has 0 aliphatic heterocycles. The van der Waals surface area contributed by atoms with Crippen molar-refractivity contribution in [3.05, 3.63) is 35.9 Å². The van der Waals surface area contributed by atoms with E-state index in [0.717, 1.165) is 31.0 Å². The van der Waals surface area contributed by atoms with Crippen molar-refractivity contribution >= 4 is 5.91 Å². The van der Waals surface area contributed by atoms with Crippen LogP contribution >= 0.6 is 0 Å². The van der Waals surface area contributed by atoms with Crippen molar-refractivity contribution < 1.29 is 4.79 Å². The van der Waals surface area contributed by atoms with Gasteiger partial charge in [0.15, 0.2) is 0 Å². The summed E-state index contributed by atoms with van der Waals surface area (Å²) >= 11 is 0.